The van der Waals surface area contributed by atoms with Crippen LogP contribution in [0.1, 0.15) is 55.7 Å². The molecule has 1 spiro atoms. The number of carbonyl (C=O) groups excluding carboxylic acids is 2. The average Bonchev–Trinajstić information content (AvgIpc) is 3.14. The molecule has 6 rings (SSSR count). The topological polar surface area (TPSA) is 99.5 Å². The lowest BCUT2D eigenvalue weighted by Gasteiger charge is -2.45. The van der Waals surface area contributed by atoms with Gasteiger partial charge in [0, 0.05) is 37.1 Å². The summed E-state index contributed by atoms with van der Waals surface area (Å²) < 4.78 is 11.7. The van der Waals surface area contributed by atoms with E-state index in [1.807, 2.05) is 25.1 Å². The van der Waals surface area contributed by atoms with Crippen molar-refractivity contribution in [2.45, 2.75) is 62.6 Å². The first-order chi connectivity index (χ1) is 21.0. The van der Waals surface area contributed by atoms with Crippen LogP contribution in [0, 0.1) is 17.8 Å². The second kappa shape index (κ2) is 12.0. The lowest BCUT2D eigenvalue weighted by Crippen LogP contribution is -2.49. The summed E-state index contributed by atoms with van der Waals surface area (Å²) in [6.45, 7) is 4.20. The summed E-state index contributed by atoms with van der Waals surface area (Å²) in [5, 5.41) is 23.8. The minimum atomic E-state index is -2.18. The van der Waals surface area contributed by atoms with Gasteiger partial charge in [0.25, 0.3) is 0 Å². The number of methoxy groups -OCH3 is 1. The summed E-state index contributed by atoms with van der Waals surface area (Å²) >= 11 is 6.41. The number of hydrogen-bond donors (Lipinski definition) is 2. The van der Waals surface area contributed by atoms with Crippen molar-refractivity contribution in [1.29, 1.82) is 0 Å². The van der Waals surface area contributed by atoms with Crippen molar-refractivity contribution < 1.29 is 29.3 Å². The highest BCUT2D eigenvalue weighted by atomic mass is 35.5. The molecule has 2 aromatic rings. The van der Waals surface area contributed by atoms with Gasteiger partial charge < -0.3 is 29.5 Å². The normalized spacial score (nSPS) is 32.9. The molecule has 1 saturated carbocycles. The molecule has 8 nitrogen and oxygen atoms in total. The van der Waals surface area contributed by atoms with Crippen molar-refractivity contribution in [2.75, 3.05) is 45.3 Å². The van der Waals surface area contributed by atoms with Gasteiger partial charge >= 0.3 is 5.97 Å². The second-order valence-corrected chi connectivity index (χ2v) is 13.9. The van der Waals surface area contributed by atoms with Gasteiger partial charge in [-0.25, -0.2) is 4.79 Å². The minimum Gasteiger partial charge on any atom is -0.490 e. The van der Waals surface area contributed by atoms with Gasteiger partial charge in [0.2, 0.25) is 5.91 Å². The lowest BCUT2D eigenvalue weighted by atomic mass is 9.68. The van der Waals surface area contributed by atoms with Crippen molar-refractivity contribution in [1.82, 2.24) is 4.90 Å². The number of fused-ring (bicyclic) bond motifs is 4. The predicted molar refractivity (Wildman–Crippen MR) is 169 cm³/mol. The maximum Gasteiger partial charge on any atom is 0.343 e. The molecule has 1 amide bonds. The van der Waals surface area contributed by atoms with E-state index in [1.54, 1.807) is 25.2 Å². The number of rotatable bonds is 1. The third-order valence-electron chi connectivity index (χ3n) is 10.4. The van der Waals surface area contributed by atoms with Crippen LogP contribution in [0.25, 0.3) is 0 Å². The highest BCUT2D eigenvalue weighted by Gasteiger charge is 2.46. The van der Waals surface area contributed by atoms with Gasteiger partial charge in [-0.1, -0.05) is 42.8 Å². The maximum absolute atomic E-state index is 13.4. The van der Waals surface area contributed by atoms with Crippen LogP contribution in [0.5, 0.6) is 5.75 Å². The molecule has 236 valence electrons. The molecule has 6 atom stereocenters. The van der Waals surface area contributed by atoms with Crippen LogP contribution in [0.2, 0.25) is 5.02 Å². The summed E-state index contributed by atoms with van der Waals surface area (Å²) in [6, 6.07) is 11.4. The van der Waals surface area contributed by atoms with E-state index in [9.17, 15) is 19.8 Å². The molecule has 2 bridgehead atoms. The van der Waals surface area contributed by atoms with Gasteiger partial charge in [-0.05, 0) is 90.8 Å². The van der Waals surface area contributed by atoms with Crippen LogP contribution in [-0.4, -0.2) is 73.5 Å². The van der Waals surface area contributed by atoms with Gasteiger partial charge in [0.15, 0.2) is 5.60 Å². The number of benzene rings is 2. The van der Waals surface area contributed by atoms with Gasteiger partial charge in [0.05, 0.1) is 31.9 Å². The molecular weight excluding hydrogens is 580 g/mol. The van der Waals surface area contributed by atoms with E-state index < -0.39 is 24.1 Å². The average molecular weight is 623 g/mol. The van der Waals surface area contributed by atoms with Crippen LogP contribution in [0.3, 0.4) is 0 Å². The van der Waals surface area contributed by atoms with Gasteiger partial charge in [-0.3, -0.25) is 4.79 Å². The number of aryl methyl sites for hydroxylation is 1. The number of ether oxygens (including phenoxy) is 2. The summed E-state index contributed by atoms with van der Waals surface area (Å²) in [4.78, 5) is 30.4. The third-order valence-corrected chi connectivity index (χ3v) is 10.7. The number of amides is 1. The first-order valence-corrected chi connectivity index (χ1v) is 16.1. The Bertz CT molecular complexity index is 1460. The van der Waals surface area contributed by atoms with Gasteiger partial charge in [-0.2, -0.15) is 0 Å². The SMILES string of the molecule is COC(=O)[C@]1(O)CC(=O)N(C)C[C@@H](C)/C=C/C(O)[C@@H]2CC[C@H]2CN2C[C@@]3(CCCc4cc(Cl)ccc43)COc3ccc1cc32. The monoisotopic (exact) mass is 622 g/mol. The highest BCUT2D eigenvalue weighted by Crippen LogP contribution is 2.47. The Labute approximate surface area is 264 Å². The number of aliphatic hydroxyl groups is 2. The van der Waals surface area contributed by atoms with Crippen molar-refractivity contribution in [2.24, 2.45) is 17.8 Å². The molecule has 44 heavy (non-hydrogen) atoms. The summed E-state index contributed by atoms with van der Waals surface area (Å²) in [5.74, 6) is -0.267. The van der Waals surface area contributed by atoms with Crippen molar-refractivity contribution in [3.8, 4) is 5.75 Å². The van der Waals surface area contributed by atoms with E-state index in [1.165, 1.54) is 23.1 Å². The van der Waals surface area contributed by atoms with Crippen LogP contribution < -0.4 is 9.64 Å². The Morgan fingerprint density at radius 1 is 1.14 bits per heavy atom. The van der Waals surface area contributed by atoms with Crippen LogP contribution >= 0.6 is 11.6 Å². The molecule has 4 aliphatic rings. The maximum atomic E-state index is 13.4. The smallest absolute Gasteiger partial charge is 0.343 e. The highest BCUT2D eigenvalue weighted by molar-refractivity contribution is 6.30. The van der Waals surface area contributed by atoms with E-state index in [2.05, 4.69) is 17.0 Å². The summed E-state index contributed by atoms with van der Waals surface area (Å²) in [7, 11) is 2.88. The molecule has 2 aliphatic carbocycles. The van der Waals surface area contributed by atoms with Gasteiger partial charge in [0.1, 0.15) is 5.75 Å². The molecule has 0 saturated heterocycles. The number of esters is 1. The molecule has 1 fully saturated rings. The Morgan fingerprint density at radius 2 is 1.95 bits per heavy atom. The van der Waals surface area contributed by atoms with Crippen molar-refractivity contribution in [3.63, 3.8) is 0 Å². The zero-order chi connectivity index (χ0) is 31.2. The standard InChI is InChI=1S/C35H43ClN2O6/c1-22-6-12-30(39)27-10-7-24(27)19-38-20-34(14-4-5-23-15-26(36)9-11-28(23)34)21-44-31-13-8-25(16-29(31)38)35(42,33(41)43-3)17-32(40)37(2)18-22/h6,8-9,11-13,15-16,22,24,27,30,39,42H,4-5,7,10,14,17-21H2,1-3H3/b12-6+/t22-,24-,27+,30?,34-,35-/m0/s1. The lowest BCUT2D eigenvalue weighted by molar-refractivity contribution is -0.168. The largest absolute Gasteiger partial charge is 0.490 e. The second-order valence-electron chi connectivity index (χ2n) is 13.4. The van der Waals surface area contributed by atoms with Gasteiger partial charge in [-0.15, -0.1) is 0 Å². The predicted octanol–water partition coefficient (Wildman–Crippen LogP) is 4.62. The molecule has 0 radical (unpaired) electrons. The Morgan fingerprint density at radius 3 is 2.70 bits per heavy atom. The molecule has 2 N–H and O–H groups in total. The number of halogens is 1. The fourth-order valence-electron chi connectivity index (χ4n) is 7.78. The summed E-state index contributed by atoms with van der Waals surface area (Å²) in [6.07, 6.45) is 7.66. The molecule has 9 heteroatoms. The number of hydrogen-bond acceptors (Lipinski definition) is 7. The Balaban J connectivity index is 1.47. The van der Waals surface area contributed by atoms with Crippen LogP contribution in [0.4, 0.5) is 5.69 Å². The third kappa shape index (κ3) is 5.61. The fourth-order valence-corrected chi connectivity index (χ4v) is 7.98. The van der Waals surface area contributed by atoms with E-state index in [0.29, 0.717) is 32.0 Å². The molecule has 2 aliphatic heterocycles. The first kappa shape index (κ1) is 30.9. The molecule has 1 unspecified atom stereocenters. The van der Waals surface area contributed by atoms with Crippen LogP contribution in [0.15, 0.2) is 48.6 Å². The van der Waals surface area contributed by atoms with E-state index in [4.69, 9.17) is 21.1 Å². The Hall–Kier alpha value is -3.07. The van der Waals surface area contributed by atoms with Crippen molar-refractivity contribution >= 4 is 29.2 Å². The quantitative estimate of drug-likeness (QED) is 0.354. The number of carbonyl (C=O) groups is 2. The first-order valence-electron chi connectivity index (χ1n) is 15.8. The molecule has 0 aromatic heterocycles. The minimum absolute atomic E-state index is 0.0235. The van der Waals surface area contributed by atoms with E-state index >= 15 is 0 Å². The molecule has 2 aromatic carbocycles. The summed E-state index contributed by atoms with van der Waals surface area (Å²) in [5.41, 5.74) is 1.07. The van der Waals surface area contributed by atoms with E-state index in [0.717, 1.165) is 42.8 Å². The van der Waals surface area contributed by atoms with Crippen LogP contribution in [-0.2, 0) is 31.8 Å². The fraction of sp³-hybridized carbons (Fsp3) is 0.543. The zero-order valence-electron chi connectivity index (χ0n) is 25.8. The molecular formula is C35H43ClN2O6. The number of aliphatic hydroxyl groups excluding tert-OH is 1. The Kier molecular flexibility index (Phi) is 8.46. The number of nitrogens with zero attached hydrogens (tertiary/aromatic N) is 2. The number of anilines is 1. The van der Waals surface area contributed by atoms with Crippen molar-refractivity contribution in [3.05, 3.63) is 70.3 Å². The molecule has 2 heterocycles. The van der Waals surface area contributed by atoms with E-state index in [-0.39, 0.29) is 34.6 Å². The zero-order valence-corrected chi connectivity index (χ0v) is 26.6.